The number of fused-ring (bicyclic) bond motifs is 1. The van der Waals surface area contributed by atoms with Crippen molar-refractivity contribution in [1.82, 2.24) is 29.5 Å². The Hall–Kier alpha value is -5.04. The third-order valence-corrected chi connectivity index (χ3v) is 7.13. The highest BCUT2D eigenvalue weighted by Gasteiger charge is 2.21. The molecule has 0 fully saturated rings. The van der Waals surface area contributed by atoms with Crippen LogP contribution in [0.4, 0.5) is 11.6 Å². The number of nitrogens with zero attached hydrogens (tertiary/aromatic N) is 7. The van der Waals surface area contributed by atoms with Crippen molar-refractivity contribution < 1.29 is 14.4 Å². The molecule has 4 N–H and O–H groups in total. The van der Waals surface area contributed by atoms with Crippen LogP contribution in [0.3, 0.4) is 0 Å². The molecule has 0 spiro atoms. The fourth-order valence-electron chi connectivity index (χ4n) is 4.83. The molecule has 43 heavy (non-hydrogen) atoms. The first-order chi connectivity index (χ1) is 20.7. The normalized spacial score (nSPS) is 11.6. The summed E-state index contributed by atoms with van der Waals surface area (Å²) in [5, 5.41) is 10.5. The van der Waals surface area contributed by atoms with E-state index >= 15 is 0 Å². The quantitative estimate of drug-likeness (QED) is 0.130. The number of hydrogen-bond donors (Lipinski definition) is 3. The Bertz CT molecular complexity index is 1640. The highest BCUT2D eigenvalue weighted by Crippen LogP contribution is 2.21. The number of likely N-dealkylation sites (N-methyl/N-ethyl adjacent to an activating group) is 1. The summed E-state index contributed by atoms with van der Waals surface area (Å²) in [6.45, 7) is 6.78. The molecule has 0 aliphatic carbocycles. The monoisotopic (exact) mass is 586 g/mol. The molecule has 0 unspecified atom stereocenters. The third-order valence-electron chi connectivity index (χ3n) is 7.13. The topological polar surface area (TPSA) is 156 Å². The molecule has 226 valence electrons. The number of primary amides is 1. The lowest BCUT2D eigenvalue weighted by molar-refractivity contribution is 0.0963. The molecule has 0 aliphatic rings. The highest BCUT2D eigenvalue weighted by molar-refractivity contribution is 6.10. The van der Waals surface area contributed by atoms with Gasteiger partial charge in [0.25, 0.3) is 5.91 Å². The van der Waals surface area contributed by atoms with Crippen molar-refractivity contribution in [3.63, 3.8) is 0 Å². The maximum atomic E-state index is 13.3. The van der Waals surface area contributed by atoms with Gasteiger partial charge < -0.3 is 25.4 Å². The number of imidazole rings is 1. The van der Waals surface area contributed by atoms with E-state index in [-0.39, 0.29) is 5.91 Å². The molecular weight excluding hydrogens is 548 g/mol. The number of guanidine groups is 1. The van der Waals surface area contributed by atoms with Crippen LogP contribution in [-0.2, 0) is 13.1 Å². The highest BCUT2D eigenvalue weighted by atomic mass is 16.2. The molecule has 0 bridgehead atoms. The summed E-state index contributed by atoms with van der Waals surface area (Å²) in [4.78, 5) is 49.3. The second-order valence-electron chi connectivity index (χ2n) is 10.1. The van der Waals surface area contributed by atoms with Crippen LogP contribution in [0.1, 0.15) is 43.8 Å². The molecule has 0 radical (unpaired) electrons. The van der Waals surface area contributed by atoms with E-state index in [1.807, 2.05) is 38.9 Å². The SMILES string of the molecule is CCn1nc(C)cc1C(=O)NC(=NC)N(CCN(C)CCn1c(NC)nc2cc(C=O)ccc21)c1ccc(C(N)=O)cc1. The summed E-state index contributed by atoms with van der Waals surface area (Å²) in [6, 6.07) is 14.1. The molecule has 2 aromatic heterocycles. The smallest absolute Gasteiger partial charge is 0.276 e. The summed E-state index contributed by atoms with van der Waals surface area (Å²) in [5.41, 5.74) is 10.0. The second-order valence-corrected chi connectivity index (χ2v) is 10.1. The van der Waals surface area contributed by atoms with E-state index in [2.05, 4.69) is 35.2 Å². The second kappa shape index (κ2) is 13.7. The number of aromatic nitrogens is 4. The number of carbonyl (C=O) groups is 3. The summed E-state index contributed by atoms with van der Waals surface area (Å²) in [5.74, 6) is 0.233. The van der Waals surface area contributed by atoms with Crippen molar-refractivity contribution in [2.24, 2.45) is 10.7 Å². The number of carbonyl (C=O) groups excluding carboxylic acids is 3. The minimum absolute atomic E-state index is 0.320. The summed E-state index contributed by atoms with van der Waals surface area (Å²) >= 11 is 0. The minimum atomic E-state index is -0.519. The Morgan fingerprint density at radius 1 is 1.09 bits per heavy atom. The lowest BCUT2D eigenvalue weighted by Gasteiger charge is -2.29. The summed E-state index contributed by atoms with van der Waals surface area (Å²) in [6.07, 6.45) is 0.814. The number of aryl methyl sites for hydroxylation is 2. The van der Waals surface area contributed by atoms with E-state index in [0.717, 1.165) is 28.7 Å². The zero-order chi connectivity index (χ0) is 31.1. The first-order valence-electron chi connectivity index (χ1n) is 14.0. The van der Waals surface area contributed by atoms with Crippen LogP contribution in [0.5, 0.6) is 0 Å². The number of anilines is 2. The average Bonchev–Trinajstić information content (AvgIpc) is 3.58. The van der Waals surface area contributed by atoms with Crippen molar-refractivity contribution in [3.05, 3.63) is 71.0 Å². The first kappa shape index (κ1) is 30.9. The van der Waals surface area contributed by atoms with E-state index in [4.69, 9.17) is 5.73 Å². The van der Waals surface area contributed by atoms with Gasteiger partial charge in [-0.3, -0.25) is 29.4 Å². The van der Waals surface area contributed by atoms with Crippen LogP contribution >= 0.6 is 0 Å². The predicted octanol–water partition coefficient (Wildman–Crippen LogP) is 2.37. The molecule has 0 saturated carbocycles. The number of rotatable bonds is 12. The number of aldehydes is 1. The molecule has 0 saturated heterocycles. The molecule has 0 aliphatic heterocycles. The number of aliphatic imine (C=N–C) groups is 1. The lowest BCUT2D eigenvalue weighted by Crippen LogP contribution is -2.47. The van der Waals surface area contributed by atoms with E-state index < -0.39 is 5.91 Å². The van der Waals surface area contributed by atoms with E-state index in [1.54, 1.807) is 54.2 Å². The van der Waals surface area contributed by atoms with Gasteiger partial charge in [0.2, 0.25) is 17.8 Å². The van der Waals surface area contributed by atoms with E-state index in [1.165, 1.54) is 0 Å². The summed E-state index contributed by atoms with van der Waals surface area (Å²) in [7, 11) is 5.45. The zero-order valence-electron chi connectivity index (χ0n) is 25.2. The van der Waals surface area contributed by atoms with Crippen molar-refractivity contribution >= 4 is 46.7 Å². The van der Waals surface area contributed by atoms with Gasteiger partial charge in [-0.05, 0) is 69.4 Å². The van der Waals surface area contributed by atoms with Crippen LogP contribution < -0.4 is 21.3 Å². The van der Waals surface area contributed by atoms with E-state index in [9.17, 15) is 14.4 Å². The Morgan fingerprint density at radius 2 is 1.84 bits per heavy atom. The predicted molar refractivity (Wildman–Crippen MR) is 168 cm³/mol. The van der Waals surface area contributed by atoms with Gasteiger partial charge >= 0.3 is 0 Å². The van der Waals surface area contributed by atoms with Gasteiger partial charge in [0.15, 0.2) is 0 Å². The van der Waals surface area contributed by atoms with Gasteiger partial charge in [0.1, 0.15) is 12.0 Å². The van der Waals surface area contributed by atoms with Crippen LogP contribution in [0, 0.1) is 6.92 Å². The van der Waals surface area contributed by atoms with Crippen LogP contribution in [0.15, 0.2) is 53.5 Å². The van der Waals surface area contributed by atoms with Gasteiger partial charge in [-0.15, -0.1) is 0 Å². The standard InChI is InChI=1S/C30H38N10O3/c1-6-40-26(17-20(2)36-40)28(43)35-30(33-4)38(23-10-8-22(9-11-23)27(31)42)15-13-37(5)14-16-39-25-12-7-21(19-41)18-24(25)34-29(39)32-3/h7-12,17-19H,6,13-16H2,1-5H3,(H2,31,42)(H,32,34)(H,33,35,43). The number of amides is 2. The molecule has 2 heterocycles. The Kier molecular flexibility index (Phi) is 9.88. The molecule has 2 amide bonds. The van der Waals surface area contributed by atoms with Gasteiger partial charge in [-0.25, -0.2) is 4.98 Å². The Balaban J connectivity index is 1.52. The van der Waals surface area contributed by atoms with Crippen LogP contribution in [-0.4, -0.2) is 89.1 Å². The van der Waals surface area contributed by atoms with Crippen LogP contribution in [0.2, 0.25) is 0 Å². The molecule has 4 rings (SSSR count). The van der Waals surface area contributed by atoms with Gasteiger partial charge in [0.05, 0.1) is 16.7 Å². The Labute approximate surface area is 250 Å². The molecule has 0 atom stereocenters. The third kappa shape index (κ3) is 7.07. The fraction of sp³-hybridized carbons (Fsp3) is 0.333. The van der Waals surface area contributed by atoms with Gasteiger partial charge in [0, 0.05) is 63.6 Å². The van der Waals surface area contributed by atoms with E-state index in [0.29, 0.717) is 61.5 Å². The molecule has 4 aromatic rings. The minimum Gasteiger partial charge on any atom is -0.366 e. The molecule has 13 heteroatoms. The van der Waals surface area contributed by atoms with Crippen molar-refractivity contribution in [2.75, 3.05) is 51.0 Å². The number of nitrogens with two attached hydrogens (primary N) is 1. The van der Waals surface area contributed by atoms with Gasteiger partial charge in [-0.2, -0.15) is 5.10 Å². The maximum absolute atomic E-state index is 13.3. The fourth-order valence-corrected chi connectivity index (χ4v) is 4.83. The largest absolute Gasteiger partial charge is 0.366 e. The Morgan fingerprint density at radius 3 is 2.47 bits per heavy atom. The first-order valence-corrected chi connectivity index (χ1v) is 14.0. The lowest BCUT2D eigenvalue weighted by atomic mass is 10.2. The van der Waals surface area contributed by atoms with Gasteiger partial charge in [-0.1, -0.05) is 0 Å². The molecule has 13 nitrogen and oxygen atoms in total. The average molecular weight is 587 g/mol. The molecular formula is C30H38N10O3. The maximum Gasteiger partial charge on any atom is 0.276 e. The summed E-state index contributed by atoms with van der Waals surface area (Å²) < 4.78 is 3.73. The van der Waals surface area contributed by atoms with Crippen LogP contribution in [0.25, 0.3) is 11.0 Å². The number of nitrogens with one attached hydrogen (secondary N) is 2. The van der Waals surface area contributed by atoms with Crippen molar-refractivity contribution in [3.8, 4) is 0 Å². The van der Waals surface area contributed by atoms with Crippen molar-refractivity contribution in [2.45, 2.75) is 26.9 Å². The number of benzene rings is 2. The number of hydrogen-bond acceptors (Lipinski definition) is 8. The molecule has 2 aromatic carbocycles. The zero-order valence-corrected chi connectivity index (χ0v) is 25.2. The van der Waals surface area contributed by atoms with Crippen molar-refractivity contribution in [1.29, 1.82) is 0 Å².